The highest BCUT2D eigenvalue weighted by atomic mass is 31.1. The smallest absolute Gasteiger partial charge is 0.307 e. The lowest BCUT2D eigenvalue weighted by Crippen LogP contribution is -2.33. The van der Waals surface area contributed by atoms with Crippen molar-refractivity contribution in [3.8, 4) is 0 Å². The maximum absolute atomic E-state index is 11.9. The van der Waals surface area contributed by atoms with E-state index < -0.39 is 0 Å². The van der Waals surface area contributed by atoms with Crippen LogP contribution in [0.1, 0.15) is 40.5 Å². The highest BCUT2D eigenvalue weighted by Gasteiger charge is 2.40. The molecule has 1 aliphatic carbocycles. The second kappa shape index (κ2) is 7.29. The van der Waals surface area contributed by atoms with Crippen molar-refractivity contribution in [2.75, 3.05) is 13.3 Å². The Labute approximate surface area is 121 Å². The van der Waals surface area contributed by atoms with Crippen LogP contribution in [0, 0.1) is 0 Å². The number of allylic oxidation sites excluding steroid dienone is 4. The SMILES string of the molecule is CCOC(=O)CC1(P(C)C(C)(C)C)C=CCC=C1.[B]. The third-order valence-electron chi connectivity index (χ3n) is 3.45. The standard InChI is InChI=1S/C15H25O2P.B/c1-6-17-13(16)12-15(10-8-7-9-11-15)18(5)14(2,3)4;/h8-11H,6-7,12H2,1-5H3;. The lowest BCUT2D eigenvalue weighted by Gasteiger charge is -2.42. The number of carbonyl (C=O) groups is 1. The molecule has 1 rings (SSSR count). The molecule has 0 saturated heterocycles. The van der Waals surface area contributed by atoms with Gasteiger partial charge >= 0.3 is 5.97 Å². The fraction of sp³-hybridized carbons (Fsp3) is 0.667. The molecule has 1 unspecified atom stereocenters. The monoisotopic (exact) mass is 279 g/mol. The van der Waals surface area contributed by atoms with Gasteiger partial charge in [-0.05, 0) is 25.2 Å². The molecule has 0 fully saturated rings. The van der Waals surface area contributed by atoms with E-state index in [4.69, 9.17) is 4.74 Å². The Bertz CT molecular complexity index is 344. The molecule has 0 aliphatic heterocycles. The molecule has 0 aromatic carbocycles. The Morgan fingerprint density at radius 2 is 1.84 bits per heavy atom. The first-order chi connectivity index (χ1) is 8.32. The first-order valence-electron chi connectivity index (χ1n) is 6.57. The second-order valence-electron chi connectivity index (χ2n) is 5.74. The molecule has 0 aromatic heterocycles. The Hall–Kier alpha value is -0.555. The molecule has 4 heteroatoms. The van der Waals surface area contributed by atoms with Gasteiger partial charge in [-0.1, -0.05) is 53.0 Å². The molecule has 1 aliphatic rings. The van der Waals surface area contributed by atoms with Crippen molar-refractivity contribution in [1.29, 1.82) is 0 Å². The van der Waals surface area contributed by atoms with E-state index in [0.29, 0.717) is 13.0 Å². The van der Waals surface area contributed by atoms with Crippen molar-refractivity contribution >= 4 is 22.3 Å². The fourth-order valence-electron chi connectivity index (χ4n) is 2.21. The van der Waals surface area contributed by atoms with Gasteiger partial charge in [0.25, 0.3) is 0 Å². The highest BCUT2D eigenvalue weighted by molar-refractivity contribution is 7.60. The second-order valence-corrected chi connectivity index (χ2v) is 9.04. The summed E-state index contributed by atoms with van der Waals surface area (Å²) in [4.78, 5) is 11.9. The Morgan fingerprint density at radius 1 is 1.32 bits per heavy atom. The van der Waals surface area contributed by atoms with E-state index in [2.05, 4.69) is 51.7 Å². The molecular formula is C15H25BO2P. The zero-order valence-corrected chi connectivity index (χ0v) is 13.7. The maximum atomic E-state index is 11.9. The zero-order valence-electron chi connectivity index (χ0n) is 12.8. The van der Waals surface area contributed by atoms with E-state index >= 15 is 0 Å². The number of rotatable bonds is 4. The van der Waals surface area contributed by atoms with Crippen molar-refractivity contribution in [2.45, 2.75) is 50.8 Å². The van der Waals surface area contributed by atoms with Gasteiger partial charge in [0.2, 0.25) is 0 Å². The highest BCUT2D eigenvalue weighted by Crippen LogP contribution is 2.60. The van der Waals surface area contributed by atoms with E-state index in [0.717, 1.165) is 6.42 Å². The van der Waals surface area contributed by atoms with E-state index in [9.17, 15) is 4.79 Å². The Balaban J connectivity index is 0.00000324. The third-order valence-corrected chi connectivity index (χ3v) is 7.17. The minimum Gasteiger partial charge on any atom is -0.466 e. The summed E-state index contributed by atoms with van der Waals surface area (Å²) in [5.41, 5.74) is 0. The predicted octanol–water partition coefficient (Wildman–Crippen LogP) is 3.72. The largest absolute Gasteiger partial charge is 0.466 e. The van der Waals surface area contributed by atoms with Crippen LogP contribution in [0.25, 0.3) is 0 Å². The number of carbonyl (C=O) groups excluding carboxylic acids is 1. The average molecular weight is 279 g/mol. The maximum Gasteiger partial charge on any atom is 0.307 e. The molecule has 0 heterocycles. The molecule has 0 N–H and O–H groups in total. The van der Waals surface area contributed by atoms with E-state index in [-0.39, 0.29) is 32.6 Å². The van der Waals surface area contributed by atoms with Gasteiger partial charge in [-0.15, -0.1) is 0 Å². The summed E-state index contributed by atoms with van der Waals surface area (Å²) < 4.78 is 5.14. The van der Waals surface area contributed by atoms with Crippen LogP contribution in [0.15, 0.2) is 24.3 Å². The molecule has 3 radical (unpaired) electrons. The van der Waals surface area contributed by atoms with Gasteiger partial charge in [-0.25, -0.2) is 0 Å². The van der Waals surface area contributed by atoms with Crippen LogP contribution in [0.5, 0.6) is 0 Å². The molecule has 0 aromatic rings. The fourth-order valence-corrected chi connectivity index (χ4v) is 4.48. The summed E-state index contributed by atoms with van der Waals surface area (Å²) in [5, 5.41) is 0.0892. The lowest BCUT2D eigenvalue weighted by molar-refractivity contribution is -0.143. The van der Waals surface area contributed by atoms with Crippen LogP contribution in [0.4, 0.5) is 0 Å². The third kappa shape index (κ3) is 4.80. The summed E-state index contributed by atoms with van der Waals surface area (Å²) in [6.45, 7) is 11.4. The number of hydrogen-bond donors (Lipinski definition) is 0. The molecular weight excluding hydrogens is 254 g/mol. The molecule has 1 atom stereocenters. The van der Waals surface area contributed by atoms with Crippen molar-refractivity contribution in [2.24, 2.45) is 0 Å². The molecule has 0 amide bonds. The van der Waals surface area contributed by atoms with Crippen LogP contribution < -0.4 is 0 Å². The molecule has 0 spiro atoms. The van der Waals surface area contributed by atoms with Crippen molar-refractivity contribution in [3.05, 3.63) is 24.3 Å². The molecule has 105 valence electrons. The van der Waals surface area contributed by atoms with Gasteiger partial charge in [0.15, 0.2) is 0 Å². The van der Waals surface area contributed by atoms with Crippen LogP contribution in [0.3, 0.4) is 0 Å². The molecule has 0 saturated carbocycles. The minimum absolute atomic E-state index is 0. The number of esters is 1. The molecule has 19 heavy (non-hydrogen) atoms. The predicted molar refractivity (Wildman–Crippen MR) is 85.2 cm³/mol. The van der Waals surface area contributed by atoms with E-state index in [1.165, 1.54) is 0 Å². The van der Waals surface area contributed by atoms with Gasteiger partial charge in [0.1, 0.15) is 0 Å². The van der Waals surface area contributed by atoms with Gasteiger partial charge in [0.05, 0.1) is 13.0 Å². The van der Waals surface area contributed by atoms with Gasteiger partial charge in [-0.2, -0.15) is 0 Å². The first kappa shape index (κ1) is 18.4. The summed E-state index contributed by atoms with van der Waals surface area (Å²) in [6, 6.07) is 0. The average Bonchev–Trinajstić information content (AvgIpc) is 2.28. The van der Waals surface area contributed by atoms with Crippen LogP contribution in [-0.2, 0) is 9.53 Å². The first-order valence-corrected chi connectivity index (χ1v) is 8.35. The summed E-state index contributed by atoms with van der Waals surface area (Å²) >= 11 is 0. The van der Waals surface area contributed by atoms with Gasteiger partial charge in [0, 0.05) is 13.6 Å². The lowest BCUT2D eigenvalue weighted by atomic mass is 9.98. The van der Waals surface area contributed by atoms with Crippen molar-refractivity contribution < 1.29 is 9.53 Å². The van der Waals surface area contributed by atoms with E-state index in [1.54, 1.807) is 0 Å². The van der Waals surface area contributed by atoms with Crippen molar-refractivity contribution in [3.63, 3.8) is 0 Å². The molecule has 0 bridgehead atoms. The van der Waals surface area contributed by atoms with Gasteiger partial charge < -0.3 is 4.74 Å². The van der Waals surface area contributed by atoms with Crippen LogP contribution >= 0.6 is 7.92 Å². The summed E-state index contributed by atoms with van der Waals surface area (Å²) in [6.07, 6.45) is 10.2. The summed E-state index contributed by atoms with van der Waals surface area (Å²) in [5.74, 6) is -0.0905. The van der Waals surface area contributed by atoms with E-state index in [1.807, 2.05) is 6.92 Å². The quantitative estimate of drug-likeness (QED) is 0.339. The van der Waals surface area contributed by atoms with Crippen molar-refractivity contribution in [1.82, 2.24) is 0 Å². The molecule has 2 nitrogen and oxygen atoms in total. The van der Waals surface area contributed by atoms with Crippen LogP contribution in [0.2, 0.25) is 0 Å². The number of hydrogen-bond acceptors (Lipinski definition) is 2. The number of ether oxygens (including phenoxy) is 1. The Kier molecular flexibility index (Phi) is 7.07. The Morgan fingerprint density at radius 3 is 2.26 bits per heavy atom. The van der Waals surface area contributed by atoms with Gasteiger partial charge in [-0.3, -0.25) is 4.79 Å². The summed E-state index contributed by atoms with van der Waals surface area (Å²) in [7, 11) is -0.342. The zero-order chi connectivity index (χ0) is 13.8. The topological polar surface area (TPSA) is 26.3 Å². The normalized spacial score (nSPS) is 18.6. The van der Waals surface area contributed by atoms with Crippen LogP contribution in [-0.4, -0.2) is 38.0 Å². The minimum atomic E-state index is -0.342.